The Morgan fingerprint density at radius 3 is 2.54 bits per heavy atom. The van der Waals surface area contributed by atoms with Gasteiger partial charge in [-0.05, 0) is 6.92 Å². The van der Waals surface area contributed by atoms with Crippen LogP contribution in [0.15, 0.2) is 0 Å². The fourth-order valence-corrected chi connectivity index (χ4v) is 0.620. The van der Waals surface area contributed by atoms with Crippen LogP contribution in [0.4, 0.5) is 9.59 Å². The minimum absolute atomic E-state index is 0.218. The number of carbonyl (C=O) groups is 2. The molecule has 0 aromatic rings. The largest absolute Gasteiger partial charge is 0.465 e. The summed E-state index contributed by atoms with van der Waals surface area (Å²) < 4.78 is 4.40. The lowest BCUT2D eigenvalue weighted by atomic mass is 10.2. The predicted octanol–water partition coefficient (Wildman–Crippen LogP) is -0.901. The molecule has 2 atom stereocenters. The second-order valence-corrected chi connectivity index (χ2v) is 2.40. The van der Waals surface area contributed by atoms with E-state index in [0.29, 0.717) is 0 Å². The number of carbonyl (C=O) groups excluding carboxylic acids is 1. The Morgan fingerprint density at radius 1 is 1.62 bits per heavy atom. The smallest absolute Gasteiger partial charge is 0.404 e. The molecule has 0 bridgehead atoms. The van der Waals surface area contributed by atoms with Gasteiger partial charge in [0.2, 0.25) is 0 Å². The number of hydrogen-bond acceptors (Lipinski definition) is 4. The summed E-state index contributed by atoms with van der Waals surface area (Å²) in [6.07, 6.45) is -4.22. The molecule has 7 nitrogen and oxygen atoms in total. The van der Waals surface area contributed by atoms with E-state index >= 15 is 0 Å². The van der Waals surface area contributed by atoms with E-state index in [0.717, 1.165) is 0 Å². The Labute approximate surface area is 74.5 Å². The Bertz CT molecular complexity index is 195. The van der Waals surface area contributed by atoms with Crippen molar-refractivity contribution in [3.05, 3.63) is 0 Å². The molecule has 0 saturated carbocycles. The molecule has 0 spiro atoms. The summed E-state index contributed by atoms with van der Waals surface area (Å²) in [6, 6.07) is 0. The first-order valence-corrected chi connectivity index (χ1v) is 3.54. The van der Waals surface area contributed by atoms with Crippen molar-refractivity contribution in [1.82, 2.24) is 5.32 Å². The fraction of sp³-hybridized carbons (Fsp3) is 0.667. The second-order valence-electron chi connectivity index (χ2n) is 2.40. The molecule has 0 heterocycles. The summed E-state index contributed by atoms with van der Waals surface area (Å²) >= 11 is 0. The van der Waals surface area contributed by atoms with Crippen LogP contribution >= 0.6 is 0 Å². The summed E-state index contributed by atoms with van der Waals surface area (Å²) in [5, 5.41) is 19.3. The van der Waals surface area contributed by atoms with Crippen LogP contribution in [0.25, 0.3) is 0 Å². The highest BCUT2D eigenvalue weighted by molar-refractivity contribution is 5.65. The molecule has 2 amide bonds. The Balaban J connectivity index is 3.75. The zero-order valence-electron chi connectivity index (χ0n) is 7.06. The van der Waals surface area contributed by atoms with Gasteiger partial charge in [-0.1, -0.05) is 0 Å². The molecule has 0 aliphatic rings. The first-order valence-electron chi connectivity index (χ1n) is 3.54. The molecule has 0 aromatic heterocycles. The SMILES string of the molecule is CC(OC(N)=O)C(O)CNC(=O)O. The minimum Gasteiger partial charge on any atom is -0.465 e. The Morgan fingerprint density at radius 2 is 2.15 bits per heavy atom. The number of rotatable bonds is 4. The lowest BCUT2D eigenvalue weighted by molar-refractivity contribution is 0.0178. The van der Waals surface area contributed by atoms with Crippen LogP contribution < -0.4 is 11.1 Å². The van der Waals surface area contributed by atoms with Crippen LogP contribution in [0.2, 0.25) is 0 Å². The van der Waals surface area contributed by atoms with Crippen LogP contribution in [-0.2, 0) is 4.74 Å². The van der Waals surface area contributed by atoms with Gasteiger partial charge in [-0.2, -0.15) is 0 Å². The molecule has 0 radical (unpaired) electrons. The topological polar surface area (TPSA) is 122 Å². The third kappa shape index (κ3) is 5.74. The minimum atomic E-state index is -1.26. The van der Waals surface area contributed by atoms with Crippen molar-refractivity contribution in [2.75, 3.05) is 6.54 Å². The van der Waals surface area contributed by atoms with Gasteiger partial charge >= 0.3 is 12.2 Å². The summed E-state index contributed by atoms with van der Waals surface area (Å²) in [5.41, 5.74) is 4.68. The van der Waals surface area contributed by atoms with E-state index in [9.17, 15) is 9.59 Å². The van der Waals surface area contributed by atoms with Gasteiger partial charge in [-0.15, -0.1) is 0 Å². The number of nitrogens with two attached hydrogens (primary N) is 1. The van der Waals surface area contributed by atoms with Crippen LogP contribution in [-0.4, -0.2) is 41.2 Å². The normalized spacial score (nSPS) is 14.3. The highest BCUT2D eigenvalue weighted by Gasteiger charge is 2.17. The van der Waals surface area contributed by atoms with E-state index in [1.165, 1.54) is 6.92 Å². The number of hydrogen-bond donors (Lipinski definition) is 4. The molecule has 0 fully saturated rings. The van der Waals surface area contributed by atoms with Gasteiger partial charge in [-0.3, -0.25) is 0 Å². The van der Waals surface area contributed by atoms with E-state index in [1.54, 1.807) is 0 Å². The number of aliphatic hydroxyl groups is 1. The molecule has 7 heteroatoms. The van der Waals surface area contributed by atoms with Crippen molar-refractivity contribution in [3.63, 3.8) is 0 Å². The van der Waals surface area contributed by atoms with Crippen molar-refractivity contribution in [1.29, 1.82) is 0 Å². The van der Waals surface area contributed by atoms with E-state index in [2.05, 4.69) is 10.5 Å². The van der Waals surface area contributed by atoms with Crippen molar-refractivity contribution in [3.8, 4) is 0 Å². The van der Waals surface area contributed by atoms with E-state index in [4.69, 9.17) is 10.2 Å². The maximum absolute atomic E-state index is 10.2. The Kier molecular flexibility index (Phi) is 4.60. The molecular weight excluding hydrogens is 180 g/mol. The van der Waals surface area contributed by atoms with Gasteiger partial charge < -0.3 is 26.0 Å². The first kappa shape index (κ1) is 11.5. The highest BCUT2D eigenvalue weighted by atomic mass is 16.6. The number of primary amides is 1. The number of ether oxygens (including phenoxy) is 1. The summed E-state index contributed by atoms with van der Waals surface area (Å²) in [5.74, 6) is 0. The maximum Gasteiger partial charge on any atom is 0.404 e. The predicted molar refractivity (Wildman–Crippen MR) is 42.2 cm³/mol. The number of amides is 2. The maximum atomic E-state index is 10.2. The molecular formula is C6H12N2O5. The van der Waals surface area contributed by atoms with E-state index < -0.39 is 24.4 Å². The van der Waals surface area contributed by atoms with Crippen molar-refractivity contribution in [2.45, 2.75) is 19.1 Å². The second kappa shape index (κ2) is 5.20. The lowest BCUT2D eigenvalue weighted by Gasteiger charge is -2.17. The fourth-order valence-electron chi connectivity index (χ4n) is 0.620. The summed E-state index contributed by atoms with van der Waals surface area (Å²) in [4.78, 5) is 20.2. The average Bonchev–Trinajstić information content (AvgIpc) is 1.98. The molecule has 13 heavy (non-hydrogen) atoms. The molecule has 0 rings (SSSR count). The third-order valence-electron chi connectivity index (χ3n) is 1.31. The van der Waals surface area contributed by atoms with Crippen LogP contribution in [0.3, 0.4) is 0 Å². The lowest BCUT2D eigenvalue weighted by Crippen LogP contribution is -2.39. The van der Waals surface area contributed by atoms with Crippen molar-refractivity contribution < 1.29 is 24.5 Å². The molecule has 0 aliphatic heterocycles. The number of carboxylic acid groups (broad SMARTS) is 1. The average molecular weight is 192 g/mol. The van der Waals surface area contributed by atoms with Gasteiger partial charge in [0.15, 0.2) is 0 Å². The molecule has 0 aromatic carbocycles. The van der Waals surface area contributed by atoms with Crippen LogP contribution in [0, 0.1) is 0 Å². The number of nitrogens with one attached hydrogen (secondary N) is 1. The summed E-state index contributed by atoms with van der Waals surface area (Å²) in [6.45, 7) is 1.18. The van der Waals surface area contributed by atoms with Crippen LogP contribution in [0.1, 0.15) is 6.92 Å². The van der Waals surface area contributed by atoms with Gasteiger partial charge in [0, 0.05) is 0 Å². The Hall–Kier alpha value is -1.50. The third-order valence-corrected chi connectivity index (χ3v) is 1.31. The molecule has 0 saturated heterocycles. The molecule has 0 aliphatic carbocycles. The molecule has 5 N–H and O–H groups in total. The number of aliphatic hydroxyl groups excluding tert-OH is 1. The monoisotopic (exact) mass is 192 g/mol. The van der Waals surface area contributed by atoms with Gasteiger partial charge in [-0.25, -0.2) is 9.59 Å². The molecule has 76 valence electrons. The van der Waals surface area contributed by atoms with Gasteiger partial charge in [0.1, 0.15) is 12.2 Å². The highest BCUT2D eigenvalue weighted by Crippen LogP contribution is 1.97. The molecule has 2 unspecified atom stereocenters. The van der Waals surface area contributed by atoms with Gasteiger partial charge in [0.25, 0.3) is 0 Å². The van der Waals surface area contributed by atoms with Crippen LogP contribution in [0.5, 0.6) is 0 Å². The zero-order chi connectivity index (χ0) is 10.4. The van der Waals surface area contributed by atoms with Crippen molar-refractivity contribution >= 4 is 12.2 Å². The summed E-state index contributed by atoms with van der Waals surface area (Å²) in [7, 11) is 0. The quantitative estimate of drug-likeness (QED) is 0.459. The van der Waals surface area contributed by atoms with E-state index in [1.807, 2.05) is 5.32 Å². The zero-order valence-corrected chi connectivity index (χ0v) is 7.06. The first-order chi connectivity index (χ1) is 5.93. The van der Waals surface area contributed by atoms with Crippen molar-refractivity contribution in [2.24, 2.45) is 5.73 Å². The standard InChI is InChI=1S/C6H12N2O5/c1-3(13-5(7)10)4(9)2-8-6(11)12/h3-4,8-9H,2H2,1H3,(H2,7,10)(H,11,12). The van der Waals surface area contributed by atoms with Gasteiger partial charge in [0.05, 0.1) is 6.54 Å². The van der Waals surface area contributed by atoms with E-state index in [-0.39, 0.29) is 6.54 Å².